The fraction of sp³-hybridized carbons (Fsp3) is 0.296. The predicted octanol–water partition coefficient (Wildman–Crippen LogP) is 6.76. The van der Waals surface area contributed by atoms with Gasteiger partial charge < -0.3 is 14.6 Å². The number of aliphatic imine (C=N–C) groups is 1. The number of esters is 1. The maximum absolute atomic E-state index is 13.0. The SMILES string of the molecule is CCOC(=O)c1c(-n2c(C)cc(/C=C3/SC(=Nc4ccc(Cl)cc4)NC3=O)c2C)sc2c1CCCC2. The van der Waals surface area contributed by atoms with Gasteiger partial charge in [0.05, 0.1) is 22.8 Å². The average Bonchev–Trinajstić information content (AvgIpc) is 3.48. The van der Waals surface area contributed by atoms with Crippen LogP contribution in [-0.4, -0.2) is 28.2 Å². The van der Waals surface area contributed by atoms with Crippen molar-refractivity contribution in [3.63, 3.8) is 0 Å². The van der Waals surface area contributed by atoms with Gasteiger partial charge in [0, 0.05) is 21.3 Å². The molecule has 1 fully saturated rings. The summed E-state index contributed by atoms with van der Waals surface area (Å²) in [5.41, 5.74) is 5.46. The van der Waals surface area contributed by atoms with Crippen molar-refractivity contribution in [2.24, 2.45) is 4.99 Å². The van der Waals surface area contributed by atoms with Gasteiger partial charge in [0.1, 0.15) is 5.00 Å². The topological polar surface area (TPSA) is 72.7 Å². The summed E-state index contributed by atoms with van der Waals surface area (Å²) in [6, 6.07) is 9.19. The Balaban J connectivity index is 1.50. The van der Waals surface area contributed by atoms with Crippen LogP contribution >= 0.6 is 34.7 Å². The zero-order valence-corrected chi connectivity index (χ0v) is 22.7. The molecule has 1 N–H and O–H groups in total. The maximum atomic E-state index is 13.0. The third kappa shape index (κ3) is 4.77. The van der Waals surface area contributed by atoms with Crippen molar-refractivity contribution in [2.75, 3.05) is 6.61 Å². The summed E-state index contributed by atoms with van der Waals surface area (Å²) in [5, 5.41) is 4.91. The summed E-state index contributed by atoms with van der Waals surface area (Å²) in [4.78, 5) is 32.1. The van der Waals surface area contributed by atoms with Gasteiger partial charge in [-0.3, -0.25) is 4.79 Å². The number of carbonyl (C=O) groups excluding carboxylic acids is 2. The highest BCUT2D eigenvalue weighted by molar-refractivity contribution is 8.18. The number of ether oxygens (including phenoxy) is 1. The number of nitrogens with one attached hydrogen (secondary N) is 1. The van der Waals surface area contributed by atoms with E-state index >= 15 is 0 Å². The second-order valence-corrected chi connectivity index (χ2v) is 11.3. The maximum Gasteiger partial charge on any atom is 0.341 e. The third-order valence-electron chi connectivity index (χ3n) is 6.30. The molecule has 2 aromatic heterocycles. The highest BCUT2D eigenvalue weighted by Crippen LogP contribution is 2.40. The van der Waals surface area contributed by atoms with Gasteiger partial charge in [-0.1, -0.05) is 11.6 Å². The van der Waals surface area contributed by atoms with Gasteiger partial charge in [-0.25, -0.2) is 9.79 Å². The van der Waals surface area contributed by atoms with Crippen LogP contribution < -0.4 is 5.32 Å². The van der Waals surface area contributed by atoms with Crippen molar-refractivity contribution in [1.82, 2.24) is 9.88 Å². The van der Waals surface area contributed by atoms with E-state index in [0.717, 1.165) is 58.9 Å². The van der Waals surface area contributed by atoms with Gasteiger partial charge in [-0.05, 0) is 106 Å². The van der Waals surface area contributed by atoms with E-state index in [-0.39, 0.29) is 11.9 Å². The summed E-state index contributed by atoms with van der Waals surface area (Å²) in [6.45, 7) is 6.23. The van der Waals surface area contributed by atoms with Crippen molar-refractivity contribution in [3.05, 3.63) is 73.2 Å². The number of fused-ring (bicyclic) bond motifs is 1. The Morgan fingerprint density at radius 3 is 2.72 bits per heavy atom. The van der Waals surface area contributed by atoms with E-state index in [1.807, 2.05) is 26.8 Å². The molecule has 3 heterocycles. The second kappa shape index (κ2) is 10.3. The first-order chi connectivity index (χ1) is 17.4. The van der Waals surface area contributed by atoms with E-state index in [4.69, 9.17) is 16.3 Å². The zero-order valence-electron chi connectivity index (χ0n) is 20.3. The molecule has 1 aromatic carbocycles. The largest absolute Gasteiger partial charge is 0.462 e. The highest BCUT2D eigenvalue weighted by atomic mass is 35.5. The quantitative estimate of drug-likeness (QED) is 0.287. The Hall–Kier alpha value is -2.81. The number of halogens is 1. The number of benzene rings is 1. The summed E-state index contributed by atoms with van der Waals surface area (Å²) in [5.74, 6) is -0.440. The van der Waals surface area contributed by atoms with E-state index < -0.39 is 0 Å². The summed E-state index contributed by atoms with van der Waals surface area (Å²) in [6.07, 6.45) is 6.02. The molecular formula is C27H26ClN3O3S2. The fourth-order valence-electron chi connectivity index (χ4n) is 4.62. The van der Waals surface area contributed by atoms with Crippen molar-refractivity contribution in [1.29, 1.82) is 0 Å². The van der Waals surface area contributed by atoms with Gasteiger partial charge in [-0.15, -0.1) is 11.3 Å². The smallest absolute Gasteiger partial charge is 0.341 e. The van der Waals surface area contributed by atoms with Crippen molar-refractivity contribution in [2.45, 2.75) is 46.5 Å². The number of aryl methyl sites for hydroxylation is 2. The standard InChI is InChI=1S/C27H26ClN3O3S2/c1-4-34-26(33)23-20-7-5-6-8-21(20)35-25(23)31-15(2)13-17(16(31)3)14-22-24(32)30-27(36-22)29-19-11-9-18(28)10-12-19/h9-14H,4-8H2,1-3H3,(H,29,30,32)/b22-14+. The molecule has 1 saturated heterocycles. The van der Waals surface area contributed by atoms with E-state index in [1.54, 1.807) is 35.6 Å². The zero-order chi connectivity index (χ0) is 25.4. The lowest BCUT2D eigenvalue weighted by Crippen LogP contribution is -2.19. The van der Waals surface area contributed by atoms with E-state index in [9.17, 15) is 9.59 Å². The number of carbonyl (C=O) groups is 2. The van der Waals surface area contributed by atoms with Gasteiger partial charge in [0.2, 0.25) is 0 Å². The molecule has 0 saturated carbocycles. The molecule has 0 radical (unpaired) electrons. The number of hydrogen-bond donors (Lipinski definition) is 1. The first kappa shape index (κ1) is 24.9. The molecule has 0 spiro atoms. The number of aromatic nitrogens is 1. The molecule has 186 valence electrons. The first-order valence-electron chi connectivity index (χ1n) is 11.9. The Kier molecular flexibility index (Phi) is 7.10. The van der Waals surface area contributed by atoms with E-state index in [1.165, 1.54) is 16.6 Å². The van der Waals surface area contributed by atoms with Gasteiger partial charge in [-0.2, -0.15) is 0 Å². The molecule has 36 heavy (non-hydrogen) atoms. The molecular weight excluding hydrogens is 514 g/mol. The fourth-order valence-corrected chi connectivity index (χ4v) is 7.07. The van der Waals surface area contributed by atoms with Crippen molar-refractivity contribution < 1.29 is 14.3 Å². The average molecular weight is 540 g/mol. The minimum atomic E-state index is -0.256. The number of nitrogens with zero attached hydrogens (tertiary/aromatic N) is 2. The van der Waals surface area contributed by atoms with Crippen LogP contribution in [0.3, 0.4) is 0 Å². The lowest BCUT2D eigenvalue weighted by atomic mass is 9.95. The Morgan fingerprint density at radius 2 is 1.97 bits per heavy atom. The van der Waals surface area contributed by atoms with Crippen LogP contribution in [0.4, 0.5) is 5.69 Å². The van der Waals surface area contributed by atoms with Crippen molar-refractivity contribution >= 4 is 63.5 Å². The lowest BCUT2D eigenvalue weighted by molar-refractivity contribution is -0.115. The number of thiophene rings is 1. The minimum Gasteiger partial charge on any atom is -0.462 e. The van der Waals surface area contributed by atoms with Crippen LogP contribution in [-0.2, 0) is 22.4 Å². The number of amidine groups is 1. The van der Waals surface area contributed by atoms with Gasteiger partial charge in [0.25, 0.3) is 5.91 Å². The van der Waals surface area contributed by atoms with E-state index in [2.05, 4.69) is 20.9 Å². The van der Waals surface area contributed by atoms with Crippen LogP contribution in [0.1, 0.15) is 57.5 Å². The molecule has 1 aliphatic heterocycles. The normalized spacial score (nSPS) is 17.5. The summed E-state index contributed by atoms with van der Waals surface area (Å²) in [7, 11) is 0. The van der Waals surface area contributed by atoms with Crippen LogP contribution in [0.25, 0.3) is 11.1 Å². The number of amides is 1. The molecule has 0 bridgehead atoms. The summed E-state index contributed by atoms with van der Waals surface area (Å²) >= 11 is 8.94. The second-order valence-electron chi connectivity index (χ2n) is 8.73. The molecule has 1 aliphatic carbocycles. The lowest BCUT2D eigenvalue weighted by Gasteiger charge is -2.13. The van der Waals surface area contributed by atoms with Crippen LogP contribution in [0.2, 0.25) is 5.02 Å². The van der Waals surface area contributed by atoms with Gasteiger partial charge >= 0.3 is 5.97 Å². The number of rotatable bonds is 5. The summed E-state index contributed by atoms with van der Waals surface area (Å²) < 4.78 is 7.58. The Morgan fingerprint density at radius 1 is 1.22 bits per heavy atom. The molecule has 2 aliphatic rings. The molecule has 9 heteroatoms. The highest BCUT2D eigenvalue weighted by Gasteiger charge is 2.29. The molecule has 5 rings (SSSR count). The van der Waals surface area contributed by atoms with Crippen LogP contribution in [0.15, 0.2) is 40.2 Å². The van der Waals surface area contributed by atoms with Crippen LogP contribution in [0.5, 0.6) is 0 Å². The number of hydrogen-bond acceptors (Lipinski definition) is 6. The first-order valence-corrected chi connectivity index (χ1v) is 13.9. The monoisotopic (exact) mass is 539 g/mol. The van der Waals surface area contributed by atoms with Gasteiger partial charge in [0.15, 0.2) is 5.17 Å². The Labute approximate surface area is 223 Å². The molecule has 0 atom stereocenters. The van der Waals surface area contributed by atoms with Crippen LogP contribution in [0, 0.1) is 13.8 Å². The number of thioether (sulfide) groups is 1. The molecule has 1 amide bonds. The molecule has 6 nitrogen and oxygen atoms in total. The Bertz CT molecular complexity index is 1420. The molecule has 3 aromatic rings. The minimum absolute atomic E-state index is 0.184. The van der Waals surface area contributed by atoms with E-state index in [0.29, 0.717) is 27.3 Å². The van der Waals surface area contributed by atoms with Crippen molar-refractivity contribution in [3.8, 4) is 5.00 Å². The third-order valence-corrected chi connectivity index (χ3v) is 8.74. The predicted molar refractivity (Wildman–Crippen MR) is 148 cm³/mol. The molecule has 0 unspecified atom stereocenters.